The van der Waals surface area contributed by atoms with Gasteiger partial charge in [0.2, 0.25) is 0 Å². The van der Waals surface area contributed by atoms with Gasteiger partial charge in [0.25, 0.3) is 0 Å². The smallest absolute Gasteiger partial charge is 0.158 e. The largest absolute Gasteiger partial charge is 0.402 e. The van der Waals surface area contributed by atoms with Crippen LogP contribution in [0.2, 0.25) is 0 Å². The van der Waals surface area contributed by atoms with Crippen molar-refractivity contribution >= 4 is 23.2 Å². The summed E-state index contributed by atoms with van der Waals surface area (Å²) in [5, 5.41) is 0. The van der Waals surface area contributed by atoms with E-state index in [0.717, 1.165) is 49.8 Å². The van der Waals surface area contributed by atoms with Crippen LogP contribution in [0.25, 0.3) is 0 Å². The first kappa shape index (κ1) is 18.9. The maximum Gasteiger partial charge on any atom is 0.158 e. The Bertz CT molecular complexity index is 588. The van der Waals surface area contributed by atoms with Gasteiger partial charge in [-0.1, -0.05) is 18.2 Å². The molecular weight excluding hydrogens is 318 g/mol. The van der Waals surface area contributed by atoms with Crippen LogP contribution in [-0.2, 0) is 4.79 Å². The van der Waals surface area contributed by atoms with E-state index in [-0.39, 0.29) is 5.78 Å². The van der Waals surface area contributed by atoms with Crippen LogP contribution in [0, 0.1) is 6.92 Å². The Labute approximate surface area is 150 Å². The quantitative estimate of drug-likeness (QED) is 0.607. The molecule has 1 fully saturated rings. The standard InChI is InChI=1S/C19H29N3OS/c1-15-6-4-5-7-19(15)22-10-8-21(9-11-22)12-13-24-14-18(16(2)20)17(3)23/h4-7H,8-14,20H2,1-3H3. The van der Waals surface area contributed by atoms with Crippen molar-refractivity contribution in [2.24, 2.45) is 5.73 Å². The van der Waals surface area contributed by atoms with Crippen molar-refractivity contribution in [1.82, 2.24) is 4.90 Å². The SMILES string of the molecule is CC(=O)C(CSCCN1CCN(c2ccccc2C)CC1)=C(C)N. The molecule has 2 rings (SSSR count). The van der Waals surface area contributed by atoms with Crippen molar-refractivity contribution in [3.63, 3.8) is 0 Å². The van der Waals surface area contributed by atoms with Gasteiger partial charge < -0.3 is 10.6 Å². The Morgan fingerprint density at radius 1 is 1.17 bits per heavy atom. The number of nitrogens with zero attached hydrogens (tertiary/aromatic N) is 2. The zero-order valence-electron chi connectivity index (χ0n) is 15.0. The monoisotopic (exact) mass is 347 g/mol. The summed E-state index contributed by atoms with van der Waals surface area (Å²) >= 11 is 1.80. The summed E-state index contributed by atoms with van der Waals surface area (Å²) in [6.07, 6.45) is 0. The minimum atomic E-state index is 0.0920. The highest BCUT2D eigenvalue weighted by atomic mass is 32.2. The van der Waals surface area contributed by atoms with Crippen LogP contribution in [0.15, 0.2) is 35.5 Å². The summed E-state index contributed by atoms with van der Waals surface area (Å²) < 4.78 is 0. The van der Waals surface area contributed by atoms with Gasteiger partial charge >= 0.3 is 0 Å². The number of para-hydroxylation sites is 1. The summed E-state index contributed by atoms with van der Waals surface area (Å²) in [4.78, 5) is 16.5. The fourth-order valence-corrected chi connectivity index (χ4v) is 4.16. The predicted molar refractivity (Wildman–Crippen MR) is 105 cm³/mol. The van der Waals surface area contributed by atoms with E-state index in [0.29, 0.717) is 5.70 Å². The molecule has 1 aliphatic heterocycles. The number of hydrogen-bond donors (Lipinski definition) is 1. The number of hydrogen-bond acceptors (Lipinski definition) is 5. The zero-order chi connectivity index (χ0) is 17.5. The third-order valence-electron chi connectivity index (χ3n) is 4.53. The van der Waals surface area contributed by atoms with Gasteiger partial charge in [-0.25, -0.2) is 0 Å². The normalized spacial score (nSPS) is 16.9. The molecule has 0 radical (unpaired) electrons. The van der Waals surface area contributed by atoms with Gasteiger partial charge in [0.15, 0.2) is 5.78 Å². The van der Waals surface area contributed by atoms with Crippen LogP contribution in [0.1, 0.15) is 19.4 Å². The van der Waals surface area contributed by atoms with Crippen LogP contribution in [0.5, 0.6) is 0 Å². The number of rotatable bonds is 7. The Hall–Kier alpha value is -1.46. The van der Waals surface area contributed by atoms with Crippen molar-refractivity contribution in [2.45, 2.75) is 20.8 Å². The van der Waals surface area contributed by atoms with Crippen LogP contribution in [0.3, 0.4) is 0 Å². The molecule has 24 heavy (non-hydrogen) atoms. The molecule has 1 heterocycles. The molecular formula is C19H29N3OS. The van der Waals surface area contributed by atoms with E-state index in [4.69, 9.17) is 5.73 Å². The molecule has 0 spiro atoms. The van der Waals surface area contributed by atoms with Gasteiger partial charge in [0.05, 0.1) is 0 Å². The van der Waals surface area contributed by atoms with Crippen molar-refractivity contribution in [1.29, 1.82) is 0 Å². The first-order valence-electron chi connectivity index (χ1n) is 8.56. The molecule has 0 aromatic heterocycles. The lowest BCUT2D eigenvalue weighted by molar-refractivity contribution is -0.113. The first-order chi connectivity index (χ1) is 11.5. The van der Waals surface area contributed by atoms with Gasteiger partial charge in [-0.3, -0.25) is 9.69 Å². The number of anilines is 1. The van der Waals surface area contributed by atoms with Crippen molar-refractivity contribution < 1.29 is 4.79 Å². The van der Waals surface area contributed by atoms with Crippen molar-refractivity contribution in [3.8, 4) is 0 Å². The molecule has 0 saturated carbocycles. The Morgan fingerprint density at radius 3 is 2.42 bits per heavy atom. The fourth-order valence-electron chi connectivity index (χ4n) is 2.99. The molecule has 4 nitrogen and oxygen atoms in total. The van der Waals surface area contributed by atoms with E-state index >= 15 is 0 Å². The van der Waals surface area contributed by atoms with Gasteiger partial charge in [-0.05, 0) is 32.4 Å². The van der Waals surface area contributed by atoms with E-state index in [2.05, 4.69) is 41.0 Å². The molecule has 2 N–H and O–H groups in total. The van der Waals surface area contributed by atoms with E-state index in [1.165, 1.54) is 11.3 Å². The highest BCUT2D eigenvalue weighted by Gasteiger charge is 2.18. The Kier molecular flexibility index (Phi) is 7.18. The number of allylic oxidation sites excluding steroid dienone is 1. The fraction of sp³-hybridized carbons (Fsp3) is 0.526. The summed E-state index contributed by atoms with van der Waals surface area (Å²) in [5.41, 5.74) is 9.91. The Balaban J connectivity index is 1.71. The number of ketones is 1. The third-order valence-corrected chi connectivity index (χ3v) is 5.49. The topological polar surface area (TPSA) is 49.6 Å². The van der Waals surface area contributed by atoms with E-state index in [9.17, 15) is 4.79 Å². The van der Waals surface area contributed by atoms with E-state index < -0.39 is 0 Å². The van der Waals surface area contributed by atoms with Crippen LogP contribution in [0.4, 0.5) is 5.69 Å². The van der Waals surface area contributed by atoms with Crippen LogP contribution in [-0.4, -0.2) is 54.9 Å². The average Bonchev–Trinajstić information content (AvgIpc) is 2.55. The molecule has 5 heteroatoms. The number of nitrogens with two attached hydrogens (primary N) is 1. The molecule has 1 aliphatic rings. The summed E-state index contributed by atoms with van der Waals surface area (Å²) in [5.74, 6) is 1.85. The molecule has 132 valence electrons. The van der Waals surface area contributed by atoms with Gasteiger partial charge in [0, 0.05) is 61.2 Å². The highest BCUT2D eigenvalue weighted by Crippen LogP contribution is 2.21. The Morgan fingerprint density at radius 2 is 1.83 bits per heavy atom. The molecule has 0 bridgehead atoms. The van der Waals surface area contributed by atoms with Crippen LogP contribution < -0.4 is 10.6 Å². The molecule has 0 aliphatic carbocycles. The molecule has 1 saturated heterocycles. The highest BCUT2D eigenvalue weighted by molar-refractivity contribution is 7.99. The molecule has 0 amide bonds. The lowest BCUT2D eigenvalue weighted by atomic mass is 10.1. The van der Waals surface area contributed by atoms with Crippen molar-refractivity contribution in [3.05, 3.63) is 41.1 Å². The first-order valence-corrected chi connectivity index (χ1v) is 9.71. The van der Waals surface area contributed by atoms with Gasteiger partial charge in [-0.2, -0.15) is 11.8 Å². The second-order valence-electron chi connectivity index (χ2n) is 6.39. The zero-order valence-corrected chi connectivity index (χ0v) is 15.9. The lowest BCUT2D eigenvalue weighted by Crippen LogP contribution is -2.47. The second kappa shape index (κ2) is 9.14. The molecule has 1 aromatic carbocycles. The summed E-state index contributed by atoms with van der Waals surface area (Å²) in [6.45, 7) is 11.0. The number of aryl methyl sites for hydroxylation is 1. The summed E-state index contributed by atoms with van der Waals surface area (Å²) in [7, 11) is 0. The molecule has 0 unspecified atom stereocenters. The summed E-state index contributed by atoms with van der Waals surface area (Å²) in [6, 6.07) is 8.60. The predicted octanol–water partition coefficient (Wildman–Crippen LogP) is 2.67. The molecule has 0 atom stereocenters. The number of carbonyl (C=O) groups is 1. The van der Waals surface area contributed by atoms with Gasteiger partial charge in [-0.15, -0.1) is 0 Å². The molecule has 1 aromatic rings. The van der Waals surface area contributed by atoms with Gasteiger partial charge in [0.1, 0.15) is 0 Å². The maximum atomic E-state index is 11.5. The number of thioether (sulfide) groups is 1. The second-order valence-corrected chi connectivity index (χ2v) is 7.49. The third kappa shape index (κ3) is 5.28. The number of benzene rings is 1. The maximum absolute atomic E-state index is 11.5. The van der Waals surface area contributed by atoms with Crippen LogP contribution >= 0.6 is 11.8 Å². The average molecular weight is 348 g/mol. The van der Waals surface area contributed by atoms with Crippen molar-refractivity contribution in [2.75, 3.05) is 49.1 Å². The lowest BCUT2D eigenvalue weighted by Gasteiger charge is -2.36. The minimum absolute atomic E-state index is 0.0920. The van der Waals surface area contributed by atoms with E-state index in [1.54, 1.807) is 18.7 Å². The number of piperazine rings is 1. The number of Topliss-reactive ketones (excluding diaryl/α,β-unsaturated/α-hetero) is 1. The van der Waals surface area contributed by atoms with E-state index in [1.807, 2.05) is 6.92 Å². The minimum Gasteiger partial charge on any atom is -0.402 e. The number of carbonyl (C=O) groups excluding carboxylic acids is 1.